The molecule has 0 aromatic heterocycles. The molecule has 5 rings (SSSR count). The van der Waals surface area contributed by atoms with Crippen molar-refractivity contribution in [2.75, 3.05) is 0 Å². The number of rotatable bonds is 2. The van der Waals surface area contributed by atoms with Crippen molar-refractivity contribution in [2.24, 2.45) is 23.7 Å². The fourth-order valence-corrected chi connectivity index (χ4v) is 6.90. The van der Waals surface area contributed by atoms with Crippen molar-refractivity contribution < 1.29 is 19.1 Å². The molecule has 28 heavy (non-hydrogen) atoms. The van der Waals surface area contributed by atoms with Gasteiger partial charge in [-0.15, -0.1) is 0 Å². The minimum Gasteiger partial charge on any atom is -0.488 e. The second kappa shape index (κ2) is 5.84. The monoisotopic (exact) mass is 382 g/mol. The second-order valence-corrected chi connectivity index (χ2v) is 10.3. The predicted octanol–water partition coefficient (Wildman–Crippen LogP) is 4.44. The molecule has 4 nitrogen and oxygen atoms in total. The lowest BCUT2D eigenvalue weighted by Gasteiger charge is -2.47. The van der Waals surface area contributed by atoms with E-state index < -0.39 is 5.60 Å². The Balaban J connectivity index is 1.53. The predicted molar refractivity (Wildman–Crippen MR) is 105 cm³/mol. The number of aryl methyl sites for hydroxylation is 1. The van der Waals surface area contributed by atoms with Crippen molar-refractivity contribution >= 4 is 11.8 Å². The minimum atomic E-state index is -0.512. The molecule has 1 aromatic rings. The van der Waals surface area contributed by atoms with E-state index in [1.165, 1.54) is 11.1 Å². The lowest BCUT2D eigenvalue weighted by Crippen LogP contribution is -2.50. The summed E-state index contributed by atoms with van der Waals surface area (Å²) in [6.07, 6.45) is 4.68. The van der Waals surface area contributed by atoms with Gasteiger partial charge >= 0.3 is 5.97 Å². The summed E-state index contributed by atoms with van der Waals surface area (Å²) in [5, 5.41) is 0. The van der Waals surface area contributed by atoms with Gasteiger partial charge in [-0.05, 0) is 82.6 Å². The first kappa shape index (κ1) is 18.2. The van der Waals surface area contributed by atoms with Crippen LogP contribution in [-0.2, 0) is 20.7 Å². The Bertz CT molecular complexity index is 851. The summed E-state index contributed by atoms with van der Waals surface area (Å²) in [6, 6.07) is 6.41. The normalized spacial score (nSPS) is 38.3. The van der Waals surface area contributed by atoms with Gasteiger partial charge in [0.15, 0.2) is 0 Å². The molecule has 150 valence electrons. The Morgan fingerprint density at radius 2 is 2.00 bits per heavy atom. The number of carbonyl (C=O) groups excluding carboxylic acids is 2. The molecule has 2 bridgehead atoms. The van der Waals surface area contributed by atoms with Crippen LogP contribution in [0.3, 0.4) is 0 Å². The number of fused-ring (bicyclic) bond motifs is 6. The van der Waals surface area contributed by atoms with E-state index in [-0.39, 0.29) is 35.1 Å². The molecule has 4 aliphatic rings. The SMILES string of the molecule is CC(=O)[C@@H]1CC[C@H]2[C@@H]3CCc4cc(OC(C)(C)C)ccc4[C@H]3[C@@H]3C[C@]12OC3=O. The quantitative estimate of drug-likeness (QED) is 0.710. The van der Waals surface area contributed by atoms with Gasteiger partial charge in [-0.2, -0.15) is 0 Å². The van der Waals surface area contributed by atoms with Gasteiger partial charge in [0.05, 0.1) is 11.8 Å². The van der Waals surface area contributed by atoms with E-state index in [1.54, 1.807) is 6.92 Å². The molecule has 0 amide bonds. The Labute approximate surface area is 167 Å². The topological polar surface area (TPSA) is 52.6 Å². The maximum Gasteiger partial charge on any atom is 0.310 e. The van der Waals surface area contributed by atoms with E-state index in [1.807, 2.05) is 0 Å². The Hall–Kier alpha value is -1.84. The average molecular weight is 383 g/mol. The van der Waals surface area contributed by atoms with Gasteiger partial charge in [-0.25, -0.2) is 0 Å². The maximum absolute atomic E-state index is 12.9. The van der Waals surface area contributed by atoms with Gasteiger partial charge in [0.2, 0.25) is 0 Å². The van der Waals surface area contributed by atoms with E-state index >= 15 is 0 Å². The first-order valence-corrected chi connectivity index (χ1v) is 10.7. The third-order valence-electron chi connectivity index (χ3n) is 7.66. The highest BCUT2D eigenvalue weighted by Crippen LogP contribution is 2.65. The van der Waals surface area contributed by atoms with Gasteiger partial charge < -0.3 is 9.47 Å². The van der Waals surface area contributed by atoms with Gasteiger partial charge in [0, 0.05) is 18.3 Å². The van der Waals surface area contributed by atoms with Crippen molar-refractivity contribution in [3.63, 3.8) is 0 Å². The maximum atomic E-state index is 12.9. The summed E-state index contributed by atoms with van der Waals surface area (Å²) in [4.78, 5) is 25.2. The van der Waals surface area contributed by atoms with E-state index in [2.05, 4.69) is 39.0 Å². The molecule has 3 fully saturated rings. The molecule has 1 spiro atoms. The molecule has 1 aliphatic heterocycles. The van der Waals surface area contributed by atoms with Gasteiger partial charge in [-0.1, -0.05) is 6.07 Å². The number of ether oxygens (including phenoxy) is 2. The summed E-state index contributed by atoms with van der Waals surface area (Å²) < 4.78 is 12.1. The smallest absolute Gasteiger partial charge is 0.310 e. The molecule has 0 N–H and O–H groups in total. The molecule has 6 atom stereocenters. The Morgan fingerprint density at radius 1 is 1.21 bits per heavy atom. The molecule has 0 unspecified atom stereocenters. The summed E-state index contributed by atoms with van der Waals surface area (Å²) in [5.41, 5.74) is 1.88. The number of esters is 1. The zero-order valence-electron chi connectivity index (χ0n) is 17.3. The van der Waals surface area contributed by atoms with Crippen LogP contribution in [0.2, 0.25) is 0 Å². The van der Waals surface area contributed by atoms with Crippen LogP contribution >= 0.6 is 0 Å². The lowest BCUT2D eigenvalue weighted by atomic mass is 9.55. The van der Waals surface area contributed by atoms with Crippen LogP contribution in [0.4, 0.5) is 0 Å². The van der Waals surface area contributed by atoms with Crippen molar-refractivity contribution in [3.8, 4) is 5.75 Å². The molecule has 1 heterocycles. The molecule has 1 saturated heterocycles. The van der Waals surface area contributed by atoms with Gasteiger partial charge in [0.1, 0.15) is 22.7 Å². The summed E-state index contributed by atoms with van der Waals surface area (Å²) in [6.45, 7) is 7.85. The number of carbonyl (C=O) groups is 2. The largest absolute Gasteiger partial charge is 0.488 e. The molecule has 0 radical (unpaired) electrons. The number of hydrogen-bond acceptors (Lipinski definition) is 4. The standard InChI is InChI=1S/C24H30O4/c1-13(25)19-9-10-20-17-7-5-14-11-15(27-23(2,3)4)6-8-16(14)21(17)18-12-24(19,20)28-22(18)26/h6,8,11,17-21H,5,7,9-10,12H2,1-4H3/t17-,18-,19-,20-,21+,24-/m0/s1. The van der Waals surface area contributed by atoms with Crippen LogP contribution in [0.15, 0.2) is 18.2 Å². The van der Waals surface area contributed by atoms with Gasteiger partial charge in [-0.3, -0.25) is 9.59 Å². The van der Waals surface area contributed by atoms with Crippen molar-refractivity contribution in [1.82, 2.24) is 0 Å². The van der Waals surface area contributed by atoms with E-state index in [0.29, 0.717) is 11.8 Å². The number of Topliss-reactive ketones (excluding diaryl/α,β-unsaturated/α-hetero) is 1. The zero-order valence-corrected chi connectivity index (χ0v) is 17.3. The van der Waals surface area contributed by atoms with Crippen molar-refractivity contribution in [1.29, 1.82) is 0 Å². The van der Waals surface area contributed by atoms with E-state index in [4.69, 9.17) is 9.47 Å². The Morgan fingerprint density at radius 3 is 2.71 bits per heavy atom. The first-order valence-electron chi connectivity index (χ1n) is 10.7. The zero-order chi connectivity index (χ0) is 19.8. The highest BCUT2D eigenvalue weighted by Gasteiger charge is 2.68. The van der Waals surface area contributed by atoms with Crippen LogP contribution < -0.4 is 4.74 Å². The highest BCUT2D eigenvalue weighted by atomic mass is 16.6. The molecular weight excluding hydrogens is 352 g/mol. The number of benzene rings is 1. The fourth-order valence-electron chi connectivity index (χ4n) is 6.90. The number of hydrogen-bond donors (Lipinski definition) is 0. The molecule has 3 aliphatic carbocycles. The van der Waals surface area contributed by atoms with Crippen LogP contribution in [0.5, 0.6) is 5.75 Å². The van der Waals surface area contributed by atoms with E-state index in [9.17, 15) is 9.59 Å². The van der Waals surface area contributed by atoms with Crippen molar-refractivity contribution in [2.45, 2.75) is 76.9 Å². The first-order chi connectivity index (χ1) is 13.2. The minimum absolute atomic E-state index is 0.0754. The molecule has 2 saturated carbocycles. The van der Waals surface area contributed by atoms with Crippen LogP contribution in [0.25, 0.3) is 0 Å². The van der Waals surface area contributed by atoms with Crippen LogP contribution in [0.1, 0.15) is 70.4 Å². The summed E-state index contributed by atoms with van der Waals surface area (Å²) in [7, 11) is 0. The molecule has 4 heteroatoms. The third kappa shape index (κ3) is 2.49. The lowest BCUT2D eigenvalue weighted by molar-refractivity contribution is -0.158. The average Bonchev–Trinajstić information content (AvgIpc) is 3.11. The third-order valence-corrected chi connectivity index (χ3v) is 7.66. The van der Waals surface area contributed by atoms with E-state index in [0.717, 1.165) is 37.9 Å². The highest BCUT2D eigenvalue weighted by molar-refractivity contribution is 5.84. The Kier molecular flexibility index (Phi) is 3.80. The summed E-state index contributed by atoms with van der Waals surface area (Å²) in [5.74, 6) is 1.81. The fraction of sp³-hybridized carbons (Fsp3) is 0.667. The summed E-state index contributed by atoms with van der Waals surface area (Å²) >= 11 is 0. The van der Waals surface area contributed by atoms with Crippen LogP contribution in [-0.4, -0.2) is 23.0 Å². The van der Waals surface area contributed by atoms with Gasteiger partial charge in [0.25, 0.3) is 0 Å². The van der Waals surface area contributed by atoms with Crippen LogP contribution in [0, 0.1) is 23.7 Å². The molecular formula is C24H30O4. The molecule has 1 aromatic carbocycles. The second-order valence-electron chi connectivity index (χ2n) is 10.3. The number of ketones is 1. The van der Waals surface area contributed by atoms with Crippen molar-refractivity contribution in [3.05, 3.63) is 29.3 Å².